The minimum Gasteiger partial charge on any atom is -0.478 e. The molecule has 2 aliphatic rings. The molecule has 0 radical (unpaired) electrons. The van der Waals surface area contributed by atoms with Crippen molar-refractivity contribution in [1.29, 1.82) is 0 Å². The molecular weight excluding hydrogens is 480 g/mol. The number of nitrogens with one attached hydrogen (secondary N) is 3. The topological polar surface area (TPSA) is 111 Å². The predicted molar refractivity (Wildman–Crippen MR) is 150 cm³/mol. The maximum absolute atomic E-state index is 12.9. The zero-order valence-corrected chi connectivity index (χ0v) is 22.7. The summed E-state index contributed by atoms with van der Waals surface area (Å²) in [6.45, 7) is 7.54. The fourth-order valence-corrected chi connectivity index (χ4v) is 5.26. The van der Waals surface area contributed by atoms with E-state index in [0.29, 0.717) is 30.0 Å². The van der Waals surface area contributed by atoms with Gasteiger partial charge in [-0.25, -0.2) is 9.59 Å². The Balaban J connectivity index is 1.42. The van der Waals surface area contributed by atoms with Crippen LogP contribution in [0.4, 0.5) is 16.2 Å². The van der Waals surface area contributed by atoms with E-state index in [4.69, 9.17) is 0 Å². The largest absolute Gasteiger partial charge is 0.478 e. The average Bonchev–Trinajstić information content (AvgIpc) is 2.89. The Bertz CT molecular complexity index is 1150. The van der Waals surface area contributed by atoms with Crippen LogP contribution < -0.4 is 16.0 Å². The van der Waals surface area contributed by atoms with Crippen LogP contribution in [0.5, 0.6) is 0 Å². The second kappa shape index (κ2) is 11.9. The van der Waals surface area contributed by atoms with Gasteiger partial charge in [-0.2, -0.15) is 0 Å². The number of hydrogen-bond donors (Lipinski definition) is 4. The molecule has 38 heavy (non-hydrogen) atoms. The number of carbonyl (C=O) groups excluding carboxylic acids is 2. The van der Waals surface area contributed by atoms with Crippen LogP contribution in [0.25, 0.3) is 0 Å². The fourth-order valence-electron chi connectivity index (χ4n) is 5.26. The summed E-state index contributed by atoms with van der Waals surface area (Å²) in [5, 5.41) is 19.2. The number of rotatable bonds is 6. The third-order valence-electron chi connectivity index (χ3n) is 7.52. The van der Waals surface area contributed by atoms with E-state index in [1.807, 2.05) is 17.0 Å². The van der Waals surface area contributed by atoms with Crippen LogP contribution in [-0.4, -0.2) is 53.1 Å². The van der Waals surface area contributed by atoms with Gasteiger partial charge in [0, 0.05) is 36.4 Å². The molecule has 0 aromatic heterocycles. The third-order valence-corrected chi connectivity index (χ3v) is 7.52. The number of aromatic carboxylic acids is 1. The molecule has 0 bridgehead atoms. The molecule has 2 aromatic rings. The van der Waals surface area contributed by atoms with Crippen LogP contribution in [0.2, 0.25) is 0 Å². The van der Waals surface area contributed by atoms with Crippen LogP contribution >= 0.6 is 0 Å². The molecule has 8 heteroatoms. The lowest BCUT2D eigenvalue weighted by Gasteiger charge is -2.35. The molecule has 1 unspecified atom stereocenters. The number of benzene rings is 2. The normalized spacial score (nSPS) is 18.5. The molecule has 8 nitrogen and oxygen atoms in total. The Morgan fingerprint density at radius 1 is 0.895 bits per heavy atom. The van der Waals surface area contributed by atoms with Crippen LogP contribution in [0.1, 0.15) is 92.0 Å². The molecule has 1 aliphatic heterocycles. The number of carboxylic acids is 1. The van der Waals surface area contributed by atoms with Crippen molar-refractivity contribution in [3.8, 4) is 0 Å². The number of amides is 3. The van der Waals surface area contributed by atoms with Crippen LogP contribution in [-0.2, 0) is 5.41 Å². The van der Waals surface area contributed by atoms with E-state index < -0.39 is 5.97 Å². The molecule has 1 saturated carbocycles. The molecule has 1 atom stereocenters. The zero-order valence-electron chi connectivity index (χ0n) is 22.7. The molecule has 204 valence electrons. The van der Waals surface area contributed by atoms with Crippen molar-refractivity contribution >= 4 is 29.3 Å². The lowest BCUT2D eigenvalue weighted by Crippen LogP contribution is -2.51. The summed E-state index contributed by atoms with van der Waals surface area (Å²) in [6.07, 6.45) is 7.26. The first-order chi connectivity index (χ1) is 18.1. The first kappa shape index (κ1) is 27.5. The summed E-state index contributed by atoms with van der Waals surface area (Å²) >= 11 is 0. The Morgan fingerprint density at radius 2 is 1.58 bits per heavy atom. The van der Waals surface area contributed by atoms with Crippen molar-refractivity contribution in [2.75, 3.05) is 23.7 Å². The van der Waals surface area contributed by atoms with Gasteiger partial charge in [-0.05, 0) is 67.0 Å². The van der Waals surface area contributed by atoms with Gasteiger partial charge in [0.25, 0.3) is 5.91 Å². The van der Waals surface area contributed by atoms with Crippen molar-refractivity contribution in [1.82, 2.24) is 10.2 Å². The van der Waals surface area contributed by atoms with Gasteiger partial charge >= 0.3 is 12.0 Å². The second-order valence-corrected chi connectivity index (χ2v) is 11.6. The molecule has 4 N–H and O–H groups in total. The van der Waals surface area contributed by atoms with Gasteiger partial charge in [-0.3, -0.25) is 4.79 Å². The van der Waals surface area contributed by atoms with Crippen molar-refractivity contribution in [3.63, 3.8) is 0 Å². The van der Waals surface area contributed by atoms with Crippen molar-refractivity contribution < 1.29 is 19.5 Å². The number of likely N-dealkylation sites (tertiary alicyclic amines) is 1. The number of carbonyl (C=O) groups is 3. The molecule has 0 spiro atoms. The fraction of sp³-hybridized carbons (Fsp3) is 0.500. The molecule has 3 amide bonds. The van der Waals surface area contributed by atoms with E-state index in [0.717, 1.165) is 44.1 Å². The van der Waals surface area contributed by atoms with Gasteiger partial charge in [-0.1, -0.05) is 52.2 Å². The first-order valence-electron chi connectivity index (χ1n) is 13.7. The molecule has 2 aromatic carbocycles. The highest BCUT2D eigenvalue weighted by Crippen LogP contribution is 2.26. The zero-order chi connectivity index (χ0) is 27.3. The smallest absolute Gasteiger partial charge is 0.337 e. The van der Waals surface area contributed by atoms with Gasteiger partial charge in [-0.15, -0.1) is 0 Å². The Morgan fingerprint density at radius 3 is 2.24 bits per heavy atom. The molecule has 2 fully saturated rings. The quantitative estimate of drug-likeness (QED) is 0.382. The first-order valence-corrected chi connectivity index (χ1v) is 13.7. The minimum absolute atomic E-state index is 0.00646. The molecular formula is C30H40N4O4. The average molecular weight is 521 g/mol. The number of nitrogens with zero attached hydrogens (tertiary/aromatic N) is 1. The third kappa shape index (κ3) is 7.05. The van der Waals surface area contributed by atoms with Gasteiger partial charge < -0.3 is 26.0 Å². The lowest BCUT2D eigenvalue weighted by molar-refractivity contribution is 0.0697. The standard InChI is InChI=1S/C30H40N4O4/c1-30(2,3)21-13-11-20(12-14-21)27(35)32-23-15-16-25(28(36)37)26(18-23)31-24-10-7-17-34(19-24)29(38)33-22-8-5-4-6-9-22/h11-16,18,22,24,31H,4-10,17,19H2,1-3H3,(H,32,35)(H,33,38)(H,36,37). The molecule has 4 rings (SSSR count). The van der Waals surface area contributed by atoms with Crippen LogP contribution in [0.15, 0.2) is 42.5 Å². The lowest BCUT2D eigenvalue weighted by atomic mass is 9.87. The highest BCUT2D eigenvalue weighted by molar-refractivity contribution is 6.05. The van der Waals surface area contributed by atoms with Crippen LogP contribution in [0.3, 0.4) is 0 Å². The Labute approximate surface area is 225 Å². The van der Waals surface area contributed by atoms with Gasteiger partial charge in [0.1, 0.15) is 0 Å². The summed E-state index contributed by atoms with van der Waals surface area (Å²) < 4.78 is 0. The monoisotopic (exact) mass is 520 g/mol. The van der Waals surface area contributed by atoms with E-state index in [1.165, 1.54) is 12.5 Å². The van der Waals surface area contributed by atoms with E-state index >= 15 is 0 Å². The van der Waals surface area contributed by atoms with E-state index in [2.05, 4.69) is 36.7 Å². The van der Waals surface area contributed by atoms with Gasteiger partial charge in [0.15, 0.2) is 0 Å². The molecule has 1 heterocycles. The van der Waals surface area contributed by atoms with Crippen LogP contribution in [0, 0.1) is 0 Å². The predicted octanol–water partition coefficient (Wildman–Crippen LogP) is 5.85. The minimum atomic E-state index is -1.05. The van der Waals surface area contributed by atoms with Crippen molar-refractivity contribution in [2.24, 2.45) is 0 Å². The summed E-state index contributed by atoms with van der Waals surface area (Å²) in [5.74, 6) is -1.31. The highest BCUT2D eigenvalue weighted by atomic mass is 16.4. The Hall–Kier alpha value is -3.55. The van der Waals surface area contributed by atoms with E-state index in [9.17, 15) is 19.5 Å². The molecule has 1 saturated heterocycles. The van der Waals surface area contributed by atoms with E-state index in [1.54, 1.807) is 24.3 Å². The Kier molecular flexibility index (Phi) is 8.59. The SMILES string of the molecule is CC(C)(C)c1ccc(C(=O)Nc2ccc(C(=O)O)c(NC3CCCN(C(=O)NC4CCCCC4)C3)c2)cc1. The van der Waals surface area contributed by atoms with Crippen molar-refractivity contribution in [3.05, 3.63) is 59.2 Å². The van der Waals surface area contributed by atoms with Gasteiger partial charge in [0.2, 0.25) is 0 Å². The number of hydrogen-bond acceptors (Lipinski definition) is 4. The van der Waals surface area contributed by atoms with E-state index in [-0.39, 0.29) is 35.0 Å². The maximum Gasteiger partial charge on any atom is 0.337 e. The number of piperidine rings is 1. The van der Waals surface area contributed by atoms with Gasteiger partial charge in [0.05, 0.1) is 11.3 Å². The summed E-state index contributed by atoms with van der Waals surface area (Å²) in [4.78, 5) is 39.5. The summed E-state index contributed by atoms with van der Waals surface area (Å²) in [6, 6.07) is 12.4. The van der Waals surface area contributed by atoms with Crippen molar-refractivity contribution in [2.45, 2.75) is 83.2 Å². The highest BCUT2D eigenvalue weighted by Gasteiger charge is 2.27. The summed E-state index contributed by atoms with van der Waals surface area (Å²) in [7, 11) is 0. The maximum atomic E-state index is 12.9. The number of urea groups is 1. The second-order valence-electron chi connectivity index (χ2n) is 11.6. The number of carboxylic acid groups (broad SMARTS) is 1. The summed E-state index contributed by atoms with van der Waals surface area (Å²) in [5.41, 5.74) is 2.72. The number of anilines is 2. The molecule has 1 aliphatic carbocycles.